The van der Waals surface area contributed by atoms with Crippen LogP contribution in [0.1, 0.15) is 18.4 Å². The SMILES string of the molecule is N#Cc1ccc(NC2CCN(CC(N)=O)CC2)nc1. The van der Waals surface area contributed by atoms with Crippen LogP contribution in [0.3, 0.4) is 0 Å². The molecule has 1 aliphatic heterocycles. The molecular weight excluding hydrogens is 242 g/mol. The molecule has 1 saturated heterocycles. The van der Waals surface area contributed by atoms with Gasteiger partial charge in [-0.05, 0) is 25.0 Å². The van der Waals surface area contributed by atoms with Gasteiger partial charge in [0, 0.05) is 25.3 Å². The second-order valence-corrected chi connectivity index (χ2v) is 4.70. The molecule has 0 atom stereocenters. The Morgan fingerprint density at radius 1 is 1.53 bits per heavy atom. The number of carbonyl (C=O) groups excluding carboxylic acids is 1. The first-order valence-corrected chi connectivity index (χ1v) is 6.30. The van der Waals surface area contributed by atoms with Crippen LogP contribution in [0.25, 0.3) is 0 Å². The summed E-state index contributed by atoms with van der Waals surface area (Å²) in [5.41, 5.74) is 5.73. The number of pyridine rings is 1. The number of primary amides is 1. The Morgan fingerprint density at radius 3 is 2.79 bits per heavy atom. The van der Waals surface area contributed by atoms with Crippen molar-refractivity contribution in [2.24, 2.45) is 5.73 Å². The van der Waals surface area contributed by atoms with Crippen molar-refractivity contribution in [3.05, 3.63) is 23.9 Å². The molecule has 100 valence electrons. The highest BCUT2D eigenvalue weighted by Gasteiger charge is 2.20. The van der Waals surface area contributed by atoms with Crippen LogP contribution in [0.5, 0.6) is 0 Å². The predicted octanol–water partition coefficient (Wildman–Crippen LogP) is 0.315. The first-order valence-electron chi connectivity index (χ1n) is 6.30. The van der Waals surface area contributed by atoms with Gasteiger partial charge in [0.05, 0.1) is 12.1 Å². The molecule has 1 fully saturated rings. The van der Waals surface area contributed by atoms with Crippen LogP contribution in [0.2, 0.25) is 0 Å². The Kier molecular flexibility index (Phi) is 4.31. The van der Waals surface area contributed by atoms with Gasteiger partial charge in [0.15, 0.2) is 0 Å². The molecule has 0 radical (unpaired) electrons. The summed E-state index contributed by atoms with van der Waals surface area (Å²) >= 11 is 0. The van der Waals surface area contributed by atoms with Crippen LogP contribution < -0.4 is 11.1 Å². The van der Waals surface area contributed by atoms with Gasteiger partial charge in [-0.25, -0.2) is 4.98 Å². The van der Waals surface area contributed by atoms with Crippen molar-refractivity contribution in [3.63, 3.8) is 0 Å². The van der Waals surface area contributed by atoms with Crippen molar-refractivity contribution in [3.8, 4) is 6.07 Å². The summed E-state index contributed by atoms with van der Waals surface area (Å²) in [6.45, 7) is 2.05. The fraction of sp³-hybridized carbons (Fsp3) is 0.462. The van der Waals surface area contributed by atoms with Gasteiger partial charge in [-0.3, -0.25) is 9.69 Å². The van der Waals surface area contributed by atoms with Gasteiger partial charge >= 0.3 is 0 Å². The number of piperidine rings is 1. The first-order chi connectivity index (χ1) is 9.17. The fourth-order valence-corrected chi connectivity index (χ4v) is 2.21. The number of likely N-dealkylation sites (tertiary alicyclic amines) is 1. The van der Waals surface area contributed by atoms with Gasteiger partial charge < -0.3 is 11.1 Å². The maximum Gasteiger partial charge on any atom is 0.231 e. The molecule has 0 spiro atoms. The van der Waals surface area contributed by atoms with E-state index < -0.39 is 0 Å². The van der Waals surface area contributed by atoms with Gasteiger partial charge in [0.1, 0.15) is 11.9 Å². The van der Waals surface area contributed by atoms with Crippen LogP contribution in [0.15, 0.2) is 18.3 Å². The maximum absolute atomic E-state index is 10.8. The number of rotatable bonds is 4. The molecule has 19 heavy (non-hydrogen) atoms. The van der Waals surface area contributed by atoms with E-state index in [1.807, 2.05) is 12.1 Å². The zero-order valence-electron chi connectivity index (χ0n) is 10.7. The third kappa shape index (κ3) is 3.93. The molecule has 1 aromatic heterocycles. The van der Waals surface area contributed by atoms with Crippen molar-refractivity contribution in [1.82, 2.24) is 9.88 Å². The predicted molar refractivity (Wildman–Crippen MR) is 71.2 cm³/mol. The number of nitrogens with one attached hydrogen (secondary N) is 1. The topological polar surface area (TPSA) is 95.0 Å². The van der Waals surface area contributed by atoms with Crippen molar-refractivity contribution < 1.29 is 4.79 Å². The van der Waals surface area contributed by atoms with Crippen molar-refractivity contribution in [2.45, 2.75) is 18.9 Å². The summed E-state index contributed by atoms with van der Waals surface area (Å²) in [5.74, 6) is 0.507. The molecule has 1 aromatic rings. The van der Waals surface area contributed by atoms with E-state index in [0.717, 1.165) is 31.7 Å². The summed E-state index contributed by atoms with van der Waals surface area (Å²) in [4.78, 5) is 17.1. The van der Waals surface area contributed by atoms with Crippen LogP contribution in [0, 0.1) is 11.3 Å². The van der Waals surface area contributed by atoms with Gasteiger partial charge in [-0.1, -0.05) is 0 Å². The summed E-state index contributed by atoms with van der Waals surface area (Å²) in [6.07, 6.45) is 3.47. The maximum atomic E-state index is 10.8. The van der Waals surface area contributed by atoms with Crippen molar-refractivity contribution in [1.29, 1.82) is 5.26 Å². The Bertz CT molecular complexity index is 471. The van der Waals surface area contributed by atoms with E-state index in [1.54, 1.807) is 12.3 Å². The Hall–Kier alpha value is -2.13. The molecule has 0 aromatic carbocycles. The van der Waals surface area contributed by atoms with E-state index in [0.29, 0.717) is 18.2 Å². The number of carbonyl (C=O) groups is 1. The number of nitrogens with two attached hydrogens (primary N) is 1. The lowest BCUT2D eigenvalue weighted by atomic mass is 10.1. The highest BCUT2D eigenvalue weighted by molar-refractivity contribution is 5.75. The second kappa shape index (κ2) is 6.16. The second-order valence-electron chi connectivity index (χ2n) is 4.70. The number of anilines is 1. The molecule has 0 bridgehead atoms. The molecule has 6 heteroatoms. The minimum Gasteiger partial charge on any atom is -0.369 e. The smallest absolute Gasteiger partial charge is 0.231 e. The summed E-state index contributed by atoms with van der Waals surface area (Å²) < 4.78 is 0. The number of hydrogen-bond acceptors (Lipinski definition) is 5. The molecule has 6 nitrogen and oxygen atoms in total. The zero-order chi connectivity index (χ0) is 13.7. The summed E-state index contributed by atoms with van der Waals surface area (Å²) in [5, 5.41) is 12.0. The van der Waals surface area contributed by atoms with Crippen molar-refractivity contribution in [2.75, 3.05) is 25.0 Å². The molecule has 0 unspecified atom stereocenters. The summed E-state index contributed by atoms with van der Waals surface area (Å²) in [6, 6.07) is 5.95. The zero-order valence-corrected chi connectivity index (χ0v) is 10.7. The number of hydrogen-bond donors (Lipinski definition) is 2. The van der Waals surface area contributed by atoms with E-state index >= 15 is 0 Å². The monoisotopic (exact) mass is 259 g/mol. The third-order valence-electron chi connectivity index (χ3n) is 3.21. The molecule has 2 rings (SSSR count). The number of amides is 1. The van der Waals surface area contributed by atoms with E-state index in [2.05, 4.69) is 15.2 Å². The normalized spacial score (nSPS) is 16.8. The Balaban J connectivity index is 1.82. The number of aromatic nitrogens is 1. The third-order valence-corrected chi connectivity index (χ3v) is 3.21. The average molecular weight is 259 g/mol. The van der Waals surface area contributed by atoms with Crippen LogP contribution in [-0.2, 0) is 4.79 Å². The van der Waals surface area contributed by atoms with Crippen LogP contribution >= 0.6 is 0 Å². The minimum atomic E-state index is -0.278. The highest BCUT2D eigenvalue weighted by atomic mass is 16.1. The molecular formula is C13H17N5O. The average Bonchev–Trinajstić information content (AvgIpc) is 2.41. The minimum absolute atomic E-state index is 0.278. The lowest BCUT2D eigenvalue weighted by molar-refractivity contribution is -0.119. The van der Waals surface area contributed by atoms with E-state index in [4.69, 9.17) is 11.0 Å². The van der Waals surface area contributed by atoms with Crippen molar-refractivity contribution >= 4 is 11.7 Å². The quantitative estimate of drug-likeness (QED) is 0.811. The van der Waals surface area contributed by atoms with E-state index in [1.165, 1.54) is 0 Å². The summed E-state index contributed by atoms with van der Waals surface area (Å²) in [7, 11) is 0. The molecule has 3 N–H and O–H groups in total. The molecule has 0 saturated carbocycles. The lowest BCUT2D eigenvalue weighted by Crippen LogP contribution is -2.43. The van der Waals surface area contributed by atoms with E-state index in [-0.39, 0.29) is 5.91 Å². The largest absolute Gasteiger partial charge is 0.369 e. The van der Waals surface area contributed by atoms with E-state index in [9.17, 15) is 4.79 Å². The molecule has 2 heterocycles. The highest BCUT2D eigenvalue weighted by Crippen LogP contribution is 2.15. The van der Waals surface area contributed by atoms with Gasteiger partial charge in [-0.2, -0.15) is 5.26 Å². The Labute approximate surface area is 112 Å². The Morgan fingerprint density at radius 2 is 2.26 bits per heavy atom. The molecule has 1 amide bonds. The van der Waals surface area contributed by atoms with Gasteiger partial charge in [0.25, 0.3) is 0 Å². The van der Waals surface area contributed by atoms with Crippen LogP contribution in [-0.4, -0.2) is 41.5 Å². The standard InChI is InChI=1S/C13H17N5O/c14-7-10-1-2-13(16-8-10)17-11-3-5-18(6-4-11)9-12(15)19/h1-2,8,11H,3-6,9H2,(H2,15,19)(H,16,17). The molecule has 0 aliphatic carbocycles. The fourth-order valence-electron chi connectivity index (χ4n) is 2.21. The lowest BCUT2D eigenvalue weighted by Gasteiger charge is -2.31. The van der Waals surface area contributed by atoms with Crippen LogP contribution in [0.4, 0.5) is 5.82 Å². The number of nitriles is 1. The van der Waals surface area contributed by atoms with Gasteiger partial charge in [0.2, 0.25) is 5.91 Å². The van der Waals surface area contributed by atoms with Gasteiger partial charge in [-0.15, -0.1) is 0 Å². The molecule has 1 aliphatic rings. The first kappa shape index (κ1) is 13.3. The number of nitrogens with zero attached hydrogens (tertiary/aromatic N) is 3.